The Morgan fingerprint density at radius 2 is 1.85 bits per heavy atom. The molecule has 1 atom stereocenters. The minimum absolute atomic E-state index is 0.159. The molecule has 0 unspecified atom stereocenters. The summed E-state index contributed by atoms with van der Waals surface area (Å²) in [6.07, 6.45) is 4.98. The molecule has 5 nitrogen and oxygen atoms in total. The Morgan fingerprint density at radius 1 is 1.12 bits per heavy atom. The van der Waals surface area contributed by atoms with E-state index in [1.54, 1.807) is 41.3 Å². The third-order valence-electron chi connectivity index (χ3n) is 4.58. The summed E-state index contributed by atoms with van der Waals surface area (Å²) in [7, 11) is 0. The van der Waals surface area contributed by atoms with Gasteiger partial charge in [0.1, 0.15) is 29.8 Å². The van der Waals surface area contributed by atoms with E-state index in [1.807, 2.05) is 12.1 Å². The normalized spacial score (nSPS) is 16.3. The van der Waals surface area contributed by atoms with Crippen LogP contribution in [0.4, 0.5) is 0 Å². The Hall–Kier alpha value is -2.08. The van der Waals surface area contributed by atoms with Crippen molar-refractivity contribution in [2.75, 3.05) is 0 Å². The second kappa shape index (κ2) is 6.91. The molecular formula is C19H17Cl2N3O2. The Morgan fingerprint density at radius 3 is 2.46 bits per heavy atom. The van der Waals surface area contributed by atoms with Gasteiger partial charge in [-0.3, -0.25) is 0 Å². The van der Waals surface area contributed by atoms with Crippen molar-refractivity contribution < 1.29 is 9.84 Å². The molecule has 0 aliphatic heterocycles. The van der Waals surface area contributed by atoms with Crippen molar-refractivity contribution in [3.05, 3.63) is 70.7 Å². The van der Waals surface area contributed by atoms with Crippen molar-refractivity contribution in [2.24, 2.45) is 5.92 Å². The van der Waals surface area contributed by atoms with Gasteiger partial charge in [0.05, 0.1) is 11.6 Å². The number of aromatic nitrogens is 3. The van der Waals surface area contributed by atoms with Crippen LogP contribution in [-0.4, -0.2) is 19.9 Å². The molecule has 0 radical (unpaired) electrons. The molecule has 1 heterocycles. The fourth-order valence-corrected chi connectivity index (χ4v) is 3.57. The van der Waals surface area contributed by atoms with Crippen molar-refractivity contribution in [1.29, 1.82) is 0 Å². The first-order chi connectivity index (χ1) is 12.5. The SMILES string of the molecule is O[C@](Cn1cncn1)(c1ccc(Oc2ccc(Cl)cc2)cc1Cl)C1CC1. The van der Waals surface area contributed by atoms with Crippen molar-refractivity contribution in [2.45, 2.75) is 25.0 Å². The van der Waals surface area contributed by atoms with Gasteiger partial charge in [-0.15, -0.1) is 0 Å². The smallest absolute Gasteiger partial charge is 0.137 e. The van der Waals surface area contributed by atoms with E-state index in [0.29, 0.717) is 33.7 Å². The molecule has 4 rings (SSSR count). The maximum absolute atomic E-state index is 11.4. The quantitative estimate of drug-likeness (QED) is 0.664. The fourth-order valence-electron chi connectivity index (χ4n) is 3.11. The van der Waals surface area contributed by atoms with Crippen LogP contribution in [0, 0.1) is 5.92 Å². The lowest BCUT2D eigenvalue weighted by molar-refractivity contribution is -0.00768. The summed E-state index contributed by atoms with van der Waals surface area (Å²) in [4.78, 5) is 3.95. The maximum Gasteiger partial charge on any atom is 0.137 e. The summed E-state index contributed by atoms with van der Waals surface area (Å²) < 4.78 is 7.44. The molecule has 26 heavy (non-hydrogen) atoms. The molecule has 1 N–H and O–H groups in total. The van der Waals surface area contributed by atoms with Gasteiger partial charge in [-0.25, -0.2) is 9.67 Å². The van der Waals surface area contributed by atoms with Crippen LogP contribution in [0.25, 0.3) is 0 Å². The predicted molar refractivity (Wildman–Crippen MR) is 99.6 cm³/mol. The standard InChI is InChI=1S/C19H17Cl2N3O2/c20-14-3-5-15(6-4-14)26-16-7-8-17(18(21)9-16)19(25,13-1-2-13)10-24-12-22-11-23-24/h3-9,11-13,25H,1-2,10H2/t19-/m0/s1. The fraction of sp³-hybridized carbons (Fsp3) is 0.263. The summed E-state index contributed by atoms with van der Waals surface area (Å²) in [5.74, 6) is 1.42. The van der Waals surface area contributed by atoms with Gasteiger partial charge in [0.2, 0.25) is 0 Å². The molecule has 1 saturated carbocycles. The topological polar surface area (TPSA) is 60.2 Å². The summed E-state index contributed by atoms with van der Waals surface area (Å²) in [6.45, 7) is 0.314. The molecule has 134 valence electrons. The lowest BCUT2D eigenvalue weighted by Gasteiger charge is -2.29. The zero-order valence-electron chi connectivity index (χ0n) is 13.8. The minimum atomic E-state index is -1.08. The van der Waals surface area contributed by atoms with Crippen LogP contribution in [0.1, 0.15) is 18.4 Å². The van der Waals surface area contributed by atoms with Gasteiger partial charge >= 0.3 is 0 Å². The van der Waals surface area contributed by atoms with Gasteiger partial charge in [-0.05, 0) is 55.2 Å². The minimum Gasteiger partial charge on any atom is -0.457 e. The van der Waals surface area contributed by atoms with Crippen LogP contribution >= 0.6 is 23.2 Å². The van der Waals surface area contributed by atoms with Gasteiger partial charge < -0.3 is 9.84 Å². The van der Waals surface area contributed by atoms with Crippen molar-refractivity contribution in [3.8, 4) is 11.5 Å². The molecule has 0 amide bonds. The number of halogens is 2. The van der Waals surface area contributed by atoms with E-state index in [0.717, 1.165) is 12.8 Å². The van der Waals surface area contributed by atoms with Gasteiger partial charge in [0.25, 0.3) is 0 Å². The van der Waals surface area contributed by atoms with Crippen LogP contribution in [0.15, 0.2) is 55.1 Å². The molecule has 0 spiro atoms. The third kappa shape index (κ3) is 3.56. The number of hydrogen-bond donors (Lipinski definition) is 1. The first-order valence-corrected chi connectivity index (χ1v) is 9.08. The monoisotopic (exact) mass is 389 g/mol. The average molecular weight is 390 g/mol. The van der Waals surface area contributed by atoms with E-state index in [4.69, 9.17) is 27.9 Å². The van der Waals surface area contributed by atoms with Gasteiger partial charge in [0.15, 0.2) is 0 Å². The van der Waals surface area contributed by atoms with Crippen molar-refractivity contribution >= 4 is 23.2 Å². The first kappa shape index (κ1) is 17.3. The average Bonchev–Trinajstić information content (AvgIpc) is 3.36. The van der Waals surface area contributed by atoms with Crippen molar-refractivity contribution in [1.82, 2.24) is 14.8 Å². The molecule has 3 aromatic rings. The van der Waals surface area contributed by atoms with Crippen LogP contribution < -0.4 is 4.74 Å². The molecule has 0 bridgehead atoms. The Bertz CT molecular complexity index is 896. The second-order valence-electron chi connectivity index (χ2n) is 6.49. The van der Waals surface area contributed by atoms with Crippen LogP contribution in [0.5, 0.6) is 11.5 Å². The zero-order chi connectivity index (χ0) is 18.1. The maximum atomic E-state index is 11.4. The second-order valence-corrected chi connectivity index (χ2v) is 7.33. The molecule has 1 aliphatic rings. The number of aliphatic hydroxyl groups is 1. The summed E-state index contributed by atoms with van der Waals surface area (Å²) >= 11 is 12.4. The number of hydrogen-bond acceptors (Lipinski definition) is 4. The van der Waals surface area contributed by atoms with E-state index >= 15 is 0 Å². The van der Waals surface area contributed by atoms with Crippen LogP contribution in [-0.2, 0) is 12.1 Å². The van der Waals surface area contributed by atoms with Crippen LogP contribution in [0.3, 0.4) is 0 Å². The number of benzene rings is 2. The molecule has 7 heteroatoms. The summed E-state index contributed by atoms with van der Waals surface area (Å²) in [5.41, 5.74) is -0.399. The third-order valence-corrected chi connectivity index (χ3v) is 5.14. The summed E-state index contributed by atoms with van der Waals surface area (Å²) in [6, 6.07) is 12.5. The Balaban J connectivity index is 1.60. The molecule has 1 aliphatic carbocycles. The van der Waals surface area contributed by atoms with E-state index in [1.165, 1.54) is 6.33 Å². The summed E-state index contributed by atoms with van der Waals surface area (Å²) in [5, 5.41) is 16.6. The van der Waals surface area contributed by atoms with E-state index in [-0.39, 0.29) is 5.92 Å². The van der Waals surface area contributed by atoms with Gasteiger partial charge in [-0.2, -0.15) is 5.10 Å². The van der Waals surface area contributed by atoms with Gasteiger partial charge in [0, 0.05) is 10.6 Å². The van der Waals surface area contributed by atoms with Gasteiger partial charge in [-0.1, -0.05) is 29.3 Å². The predicted octanol–water partition coefficient (Wildman–Crippen LogP) is 4.68. The molecule has 0 saturated heterocycles. The molecule has 2 aromatic carbocycles. The lowest BCUT2D eigenvalue weighted by Crippen LogP contribution is -2.34. The van der Waals surface area contributed by atoms with E-state index in [9.17, 15) is 5.11 Å². The molecule has 1 fully saturated rings. The highest BCUT2D eigenvalue weighted by atomic mass is 35.5. The van der Waals surface area contributed by atoms with Crippen molar-refractivity contribution in [3.63, 3.8) is 0 Å². The zero-order valence-corrected chi connectivity index (χ0v) is 15.4. The number of ether oxygens (including phenoxy) is 1. The highest BCUT2D eigenvalue weighted by Gasteiger charge is 2.46. The van der Waals surface area contributed by atoms with E-state index < -0.39 is 5.60 Å². The largest absolute Gasteiger partial charge is 0.457 e. The van der Waals surface area contributed by atoms with E-state index in [2.05, 4.69) is 10.1 Å². The number of nitrogens with zero attached hydrogens (tertiary/aromatic N) is 3. The lowest BCUT2D eigenvalue weighted by atomic mass is 9.88. The highest BCUT2D eigenvalue weighted by molar-refractivity contribution is 6.31. The molecular weight excluding hydrogens is 373 g/mol. The Kier molecular flexibility index (Phi) is 4.61. The Labute approximate surface area is 161 Å². The first-order valence-electron chi connectivity index (χ1n) is 8.33. The number of rotatable bonds is 6. The van der Waals surface area contributed by atoms with Crippen LogP contribution in [0.2, 0.25) is 10.0 Å². The molecule has 1 aromatic heterocycles. The highest BCUT2D eigenvalue weighted by Crippen LogP contribution is 2.49.